The van der Waals surface area contributed by atoms with E-state index in [0.29, 0.717) is 5.69 Å². The van der Waals surface area contributed by atoms with E-state index in [0.717, 1.165) is 16.7 Å². The van der Waals surface area contributed by atoms with Crippen LogP contribution in [0, 0.1) is 0 Å². The normalized spacial score (nSPS) is 18.3. The van der Waals surface area contributed by atoms with Crippen molar-refractivity contribution in [1.82, 2.24) is 9.88 Å². The molecule has 0 radical (unpaired) electrons. The highest BCUT2D eigenvalue weighted by atomic mass is 32.2. The number of rotatable bonds is 5. The molecule has 110 valence electrons. The Kier molecular flexibility index (Phi) is 4.43. The number of thiocarbonyl (C=S) groups is 1. The van der Waals surface area contributed by atoms with Gasteiger partial charge in [0.1, 0.15) is 4.32 Å². The van der Waals surface area contributed by atoms with Gasteiger partial charge in [-0.05, 0) is 18.2 Å². The van der Waals surface area contributed by atoms with Gasteiger partial charge in [0, 0.05) is 24.3 Å². The molecule has 1 atom stereocenters. The molecule has 1 aliphatic rings. The maximum absolute atomic E-state index is 12.2. The fraction of sp³-hybridized carbons (Fsp3) is 0.167. The van der Waals surface area contributed by atoms with E-state index >= 15 is 0 Å². The maximum Gasteiger partial charge on any atom is 0.266 e. The Hall–Kier alpha value is -2.13. The van der Waals surface area contributed by atoms with Crippen LogP contribution in [0.15, 0.2) is 23.2 Å². The van der Waals surface area contributed by atoms with Crippen molar-refractivity contribution in [3.63, 3.8) is 0 Å². The average molecular weight is 324 g/mol. The highest BCUT2D eigenvalue weighted by Gasteiger charge is 2.37. The molecule has 1 aromatic rings. The lowest BCUT2D eigenvalue weighted by atomic mass is 10.2. The molecule has 0 aromatic carbocycles. The number of hydrogen-bond acceptors (Lipinski definition) is 7. The van der Waals surface area contributed by atoms with E-state index in [2.05, 4.69) is 4.98 Å². The van der Waals surface area contributed by atoms with Crippen LogP contribution in [0.3, 0.4) is 0 Å². The number of amides is 1. The predicted octanol–water partition coefficient (Wildman–Crippen LogP) is -1.53. The van der Waals surface area contributed by atoms with Crippen LogP contribution in [0.5, 0.6) is 0 Å². The summed E-state index contributed by atoms with van der Waals surface area (Å²) in [7, 11) is 0. The van der Waals surface area contributed by atoms with Crippen molar-refractivity contribution in [2.75, 3.05) is 0 Å². The maximum atomic E-state index is 12.2. The lowest BCUT2D eigenvalue weighted by Crippen LogP contribution is -2.52. The second-order valence-corrected chi connectivity index (χ2v) is 5.76. The second-order valence-electron chi connectivity index (χ2n) is 4.09. The first kappa shape index (κ1) is 15.3. The van der Waals surface area contributed by atoms with Crippen LogP contribution in [0.4, 0.5) is 0 Å². The molecule has 1 fully saturated rings. The minimum atomic E-state index is -1.70. The van der Waals surface area contributed by atoms with Crippen LogP contribution in [0.2, 0.25) is 0 Å². The van der Waals surface area contributed by atoms with Gasteiger partial charge in [0.05, 0.1) is 16.9 Å². The van der Waals surface area contributed by atoms with Gasteiger partial charge in [0.15, 0.2) is 0 Å². The van der Waals surface area contributed by atoms with Crippen molar-refractivity contribution >= 4 is 52.2 Å². The molecule has 1 amide bonds. The molecule has 1 N–H and O–H groups in total. The third-order valence-electron chi connectivity index (χ3n) is 2.68. The van der Waals surface area contributed by atoms with Crippen molar-refractivity contribution in [2.45, 2.75) is 12.5 Å². The van der Waals surface area contributed by atoms with Gasteiger partial charge < -0.3 is 24.8 Å². The summed E-state index contributed by atoms with van der Waals surface area (Å²) in [5.41, 5.74) is 0.639. The molecular formula is C12H8N2O5S2-2. The van der Waals surface area contributed by atoms with Crippen LogP contribution < -0.4 is 10.2 Å². The van der Waals surface area contributed by atoms with E-state index < -0.39 is 30.3 Å². The number of carbonyl (C=O) groups is 3. The van der Waals surface area contributed by atoms with Crippen LogP contribution in [0.1, 0.15) is 12.1 Å². The van der Waals surface area contributed by atoms with E-state index in [1.54, 1.807) is 18.3 Å². The highest BCUT2D eigenvalue weighted by molar-refractivity contribution is 8.26. The number of nitrogens with zero attached hydrogens (tertiary/aromatic N) is 1. The standard InChI is InChI=1S/C12H10N2O5S2/c15-9(16)5-7(11(18)19)14-10(17)8(21-12(14)20)4-6-2-1-3-13-6/h1-4,7,13H,5H2,(H,15,16)(H,18,19)/p-2/b8-4-/t7-/m1/s1. The first-order valence-corrected chi connectivity index (χ1v) is 6.93. The Morgan fingerprint density at radius 1 is 1.48 bits per heavy atom. The summed E-state index contributed by atoms with van der Waals surface area (Å²) in [6, 6.07) is 1.76. The van der Waals surface area contributed by atoms with Crippen molar-refractivity contribution in [3.05, 3.63) is 28.9 Å². The first-order chi connectivity index (χ1) is 9.90. The van der Waals surface area contributed by atoms with E-state index in [4.69, 9.17) is 12.2 Å². The lowest BCUT2D eigenvalue weighted by Gasteiger charge is -2.27. The van der Waals surface area contributed by atoms with Crippen LogP contribution >= 0.6 is 24.0 Å². The Morgan fingerprint density at radius 3 is 2.71 bits per heavy atom. The zero-order valence-electron chi connectivity index (χ0n) is 10.4. The quantitative estimate of drug-likeness (QED) is 0.516. The molecule has 1 aromatic heterocycles. The number of thioether (sulfide) groups is 1. The molecule has 0 aliphatic carbocycles. The molecule has 2 heterocycles. The summed E-state index contributed by atoms with van der Waals surface area (Å²) in [5.74, 6) is -3.97. The largest absolute Gasteiger partial charge is 0.550 e. The number of carboxylic acids is 2. The predicted molar refractivity (Wildman–Crippen MR) is 74.2 cm³/mol. The van der Waals surface area contributed by atoms with E-state index in [9.17, 15) is 24.6 Å². The molecule has 0 saturated carbocycles. The molecule has 0 spiro atoms. The number of hydrogen-bond donors (Lipinski definition) is 1. The summed E-state index contributed by atoms with van der Waals surface area (Å²) in [4.78, 5) is 37.7. The summed E-state index contributed by atoms with van der Waals surface area (Å²) in [5, 5.41) is 21.7. The molecule has 0 bridgehead atoms. The van der Waals surface area contributed by atoms with Gasteiger partial charge in [-0.3, -0.25) is 9.69 Å². The zero-order valence-corrected chi connectivity index (χ0v) is 12.0. The third-order valence-corrected chi connectivity index (χ3v) is 4.01. The summed E-state index contributed by atoms with van der Waals surface area (Å²) in [6.45, 7) is 0. The average Bonchev–Trinajstić information content (AvgIpc) is 2.97. The van der Waals surface area contributed by atoms with E-state index in [-0.39, 0.29) is 9.23 Å². The minimum Gasteiger partial charge on any atom is -0.550 e. The Balaban J connectivity index is 2.29. The first-order valence-electron chi connectivity index (χ1n) is 5.71. The molecule has 9 heteroatoms. The van der Waals surface area contributed by atoms with Crippen LogP contribution in [0.25, 0.3) is 6.08 Å². The summed E-state index contributed by atoms with van der Waals surface area (Å²) in [6.07, 6.45) is 2.28. The lowest BCUT2D eigenvalue weighted by molar-refractivity contribution is -0.319. The van der Waals surface area contributed by atoms with Crippen LogP contribution in [-0.4, -0.2) is 38.1 Å². The number of carbonyl (C=O) groups excluding carboxylic acids is 3. The summed E-state index contributed by atoms with van der Waals surface area (Å²) >= 11 is 5.85. The molecule has 2 rings (SSSR count). The number of aliphatic carboxylic acids is 2. The fourth-order valence-electron chi connectivity index (χ4n) is 1.76. The number of aromatic nitrogens is 1. The van der Waals surface area contributed by atoms with Crippen molar-refractivity contribution in [2.24, 2.45) is 0 Å². The zero-order chi connectivity index (χ0) is 15.6. The number of aromatic amines is 1. The third kappa shape index (κ3) is 3.31. The molecule has 21 heavy (non-hydrogen) atoms. The van der Waals surface area contributed by atoms with Gasteiger partial charge in [-0.15, -0.1) is 0 Å². The molecule has 1 aliphatic heterocycles. The molecule has 0 unspecified atom stereocenters. The van der Waals surface area contributed by atoms with Crippen molar-refractivity contribution < 1.29 is 24.6 Å². The minimum absolute atomic E-state index is 0.0340. The number of H-pyrrole nitrogens is 1. The van der Waals surface area contributed by atoms with Gasteiger partial charge in [-0.25, -0.2) is 0 Å². The topological polar surface area (TPSA) is 116 Å². The Bertz CT molecular complexity index is 638. The molecule has 7 nitrogen and oxygen atoms in total. The van der Waals surface area contributed by atoms with Gasteiger partial charge in [0.2, 0.25) is 0 Å². The number of carboxylic acid groups (broad SMARTS) is 2. The van der Waals surface area contributed by atoms with Gasteiger partial charge in [-0.1, -0.05) is 24.0 Å². The Morgan fingerprint density at radius 2 is 2.19 bits per heavy atom. The summed E-state index contributed by atoms with van der Waals surface area (Å²) < 4.78 is -0.0340. The van der Waals surface area contributed by atoms with Gasteiger partial charge in [0.25, 0.3) is 5.91 Å². The van der Waals surface area contributed by atoms with Crippen molar-refractivity contribution in [3.8, 4) is 0 Å². The van der Waals surface area contributed by atoms with Crippen LogP contribution in [-0.2, 0) is 14.4 Å². The Labute approximate surface area is 128 Å². The highest BCUT2D eigenvalue weighted by Crippen LogP contribution is 2.34. The fourth-order valence-corrected chi connectivity index (χ4v) is 3.11. The van der Waals surface area contributed by atoms with Crippen molar-refractivity contribution in [1.29, 1.82) is 0 Å². The van der Waals surface area contributed by atoms with E-state index in [1.165, 1.54) is 6.08 Å². The molecular weight excluding hydrogens is 316 g/mol. The van der Waals surface area contributed by atoms with Gasteiger partial charge >= 0.3 is 0 Å². The molecule has 1 saturated heterocycles. The SMILES string of the molecule is O=C([O-])C[C@H](C(=O)[O-])N1C(=O)/C(=C/c2ccc[nH]2)SC1=S. The second kappa shape index (κ2) is 6.10. The monoisotopic (exact) mass is 324 g/mol. The van der Waals surface area contributed by atoms with Gasteiger partial charge in [-0.2, -0.15) is 0 Å². The number of nitrogens with one attached hydrogen (secondary N) is 1. The van der Waals surface area contributed by atoms with E-state index in [1.807, 2.05) is 0 Å². The smallest absolute Gasteiger partial charge is 0.266 e.